The number of anilines is 1. The lowest BCUT2D eigenvalue weighted by atomic mass is 10.1. The molecule has 30 heavy (non-hydrogen) atoms. The van der Waals surface area contributed by atoms with Crippen LogP contribution >= 0.6 is 7.82 Å². The van der Waals surface area contributed by atoms with Gasteiger partial charge in [0.05, 0.1) is 12.0 Å². The largest absolute Gasteiger partial charge is 0.469 e. The van der Waals surface area contributed by atoms with Crippen molar-refractivity contribution in [2.45, 2.75) is 24.5 Å². The fourth-order valence-electron chi connectivity index (χ4n) is 3.42. The maximum atomic E-state index is 13.3. The van der Waals surface area contributed by atoms with Gasteiger partial charge in [0.25, 0.3) is 0 Å². The Morgan fingerprint density at radius 3 is 2.57 bits per heavy atom. The van der Waals surface area contributed by atoms with Crippen LogP contribution in [0.25, 0.3) is 22.2 Å². The Bertz CT molecular complexity index is 1120. The quantitative estimate of drug-likeness (QED) is 0.353. The third kappa shape index (κ3) is 3.82. The molecule has 0 amide bonds. The number of phosphoric acid groups is 1. The lowest BCUT2D eigenvalue weighted by Gasteiger charge is -2.17. The number of nitrogens with two attached hydrogens (primary N) is 1. The molecule has 160 valence electrons. The molecular weight excluding hydrogens is 422 g/mol. The fraction of sp³-hybridized carbons (Fsp3) is 0.294. The van der Waals surface area contributed by atoms with Crippen LogP contribution in [0.1, 0.15) is 6.23 Å². The molecule has 0 saturated carbocycles. The maximum Gasteiger partial charge on any atom is 0.469 e. The van der Waals surface area contributed by atoms with Crippen molar-refractivity contribution in [1.82, 2.24) is 14.5 Å². The predicted molar refractivity (Wildman–Crippen MR) is 101 cm³/mol. The van der Waals surface area contributed by atoms with Crippen LogP contribution in [0.3, 0.4) is 0 Å². The van der Waals surface area contributed by atoms with Gasteiger partial charge in [-0.1, -0.05) is 12.1 Å². The molecule has 0 bridgehead atoms. The zero-order valence-electron chi connectivity index (χ0n) is 15.2. The Morgan fingerprint density at radius 1 is 1.20 bits per heavy atom. The number of halogens is 1. The van der Waals surface area contributed by atoms with E-state index in [2.05, 4.69) is 14.5 Å². The zero-order valence-corrected chi connectivity index (χ0v) is 16.1. The average molecular weight is 440 g/mol. The monoisotopic (exact) mass is 440 g/mol. The number of nitrogens with zero attached hydrogens (tertiary/aromatic N) is 3. The second-order valence-corrected chi connectivity index (χ2v) is 7.99. The van der Waals surface area contributed by atoms with E-state index in [0.717, 1.165) is 0 Å². The first-order valence-corrected chi connectivity index (χ1v) is 10.3. The summed E-state index contributed by atoms with van der Waals surface area (Å²) in [6, 6.07) is 5.63. The number of aliphatic hydroxyl groups excluding tert-OH is 2. The van der Waals surface area contributed by atoms with Crippen LogP contribution in [0.5, 0.6) is 0 Å². The number of hydrogen-bond donors (Lipinski definition) is 5. The van der Waals surface area contributed by atoms with E-state index in [-0.39, 0.29) is 11.5 Å². The number of benzene rings is 1. The Balaban J connectivity index is 1.75. The average Bonchev–Trinajstić information content (AvgIpc) is 3.20. The second kappa shape index (κ2) is 7.67. The molecule has 1 saturated heterocycles. The van der Waals surface area contributed by atoms with E-state index in [9.17, 15) is 19.2 Å². The normalized spacial score (nSPS) is 24.6. The molecule has 1 aromatic carbocycles. The molecular formula is C17H18FN4O7P. The highest BCUT2D eigenvalue weighted by molar-refractivity contribution is 7.46. The summed E-state index contributed by atoms with van der Waals surface area (Å²) in [7, 11) is -4.79. The summed E-state index contributed by atoms with van der Waals surface area (Å²) in [5, 5.41) is 21.2. The highest BCUT2D eigenvalue weighted by atomic mass is 31.2. The van der Waals surface area contributed by atoms with Gasteiger partial charge < -0.3 is 35.0 Å². The smallest absolute Gasteiger partial charge is 0.387 e. The number of rotatable bonds is 5. The van der Waals surface area contributed by atoms with Gasteiger partial charge in [-0.25, -0.2) is 18.9 Å². The molecule has 4 atom stereocenters. The topological polar surface area (TPSA) is 173 Å². The van der Waals surface area contributed by atoms with Gasteiger partial charge in [-0.3, -0.25) is 4.52 Å². The number of ether oxygens (including phenoxy) is 1. The van der Waals surface area contributed by atoms with E-state index in [1.54, 1.807) is 18.3 Å². The number of phosphoric ester groups is 1. The van der Waals surface area contributed by atoms with Gasteiger partial charge >= 0.3 is 7.82 Å². The minimum atomic E-state index is -4.79. The molecule has 1 fully saturated rings. The highest BCUT2D eigenvalue weighted by Gasteiger charge is 2.45. The summed E-state index contributed by atoms with van der Waals surface area (Å²) < 4.78 is 35.7. The van der Waals surface area contributed by atoms with E-state index in [4.69, 9.17) is 20.3 Å². The van der Waals surface area contributed by atoms with Gasteiger partial charge in [-0.15, -0.1) is 0 Å². The minimum absolute atomic E-state index is 0.146. The lowest BCUT2D eigenvalue weighted by Crippen LogP contribution is -2.33. The first kappa shape index (κ1) is 20.8. The van der Waals surface area contributed by atoms with Crippen molar-refractivity contribution < 1.29 is 38.2 Å². The Kier molecular flexibility index (Phi) is 5.32. The molecule has 3 heterocycles. The van der Waals surface area contributed by atoms with E-state index in [1.165, 1.54) is 23.0 Å². The van der Waals surface area contributed by atoms with E-state index in [1.807, 2.05) is 0 Å². The molecule has 6 N–H and O–H groups in total. The van der Waals surface area contributed by atoms with Gasteiger partial charge in [0, 0.05) is 11.8 Å². The summed E-state index contributed by atoms with van der Waals surface area (Å²) in [4.78, 5) is 25.9. The van der Waals surface area contributed by atoms with Crippen LogP contribution in [0.4, 0.5) is 10.2 Å². The molecule has 3 aromatic rings. The maximum absolute atomic E-state index is 13.3. The van der Waals surface area contributed by atoms with Gasteiger partial charge in [-0.05, 0) is 17.7 Å². The highest BCUT2D eigenvalue weighted by Crippen LogP contribution is 2.40. The standard InChI is InChI=1S/C17H18FN4O7P/c18-9-3-1-8(2-4-9)10-5-22(16-12(10)15(19)20-7-21-16)17-14(24)13(23)11(29-17)6-28-30(25,26)27/h1-5,7,11,13-14,17,23-24H,6H2,(H2,19,20,21)(H2,25,26,27)/t11-,13?,14+,17-/m1/s1. The molecule has 13 heteroatoms. The third-order valence-electron chi connectivity index (χ3n) is 4.81. The molecule has 4 rings (SSSR count). The molecule has 0 aliphatic carbocycles. The number of aliphatic hydroxyl groups is 2. The summed E-state index contributed by atoms with van der Waals surface area (Å²) in [6.07, 6.45) is -2.51. The summed E-state index contributed by atoms with van der Waals surface area (Å²) in [6.45, 7) is -0.639. The first-order chi connectivity index (χ1) is 14.2. The minimum Gasteiger partial charge on any atom is -0.387 e. The first-order valence-electron chi connectivity index (χ1n) is 8.74. The van der Waals surface area contributed by atoms with Crippen molar-refractivity contribution in [2.75, 3.05) is 12.3 Å². The Morgan fingerprint density at radius 2 is 1.90 bits per heavy atom. The van der Waals surface area contributed by atoms with Gasteiger partial charge in [0.1, 0.15) is 41.9 Å². The van der Waals surface area contributed by atoms with Gasteiger partial charge in [0.15, 0.2) is 6.23 Å². The number of hydrogen-bond acceptors (Lipinski definition) is 8. The lowest BCUT2D eigenvalue weighted by molar-refractivity contribution is -0.0501. The zero-order chi connectivity index (χ0) is 21.6. The van der Waals surface area contributed by atoms with E-state index in [0.29, 0.717) is 16.5 Å². The number of aromatic nitrogens is 3. The van der Waals surface area contributed by atoms with Crippen LogP contribution in [0.2, 0.25) is 0 Å². The van der Waals surface area contributed by atoms with Crippen LogP contribution in [0.15, 0.2) is 36.8 Å². The van der Waals surface area contributed by atoms with Crippen molar-refractivity contribution in [3.63, 3.8) is 0 Å². The van der Waals surface area contributed by atoms with Gasteiger partial charge in [-0.2, -0.15) is 0 Å². The SMILES string of the molecule is Nc1ncnc2c1c(-c1ccc(F)cc1)cn2[C@@H]1O[C@H](COP(=O)(O)O)C(O)[C@@H]1O. The Labute approximate surface area is 168 Å². The van der Waals surface area contributed by atoms with Crippen molar-refractivity contribution in [3.05, 3.63) is 42.6 Å². The molecule has 11 nitrogen and oxygen atoms in total. The van der Waals surface area contributed by atoms with Crippen molar-refractivity contribution in [3.8, 4) is 11.1 Å². The summed E-state index contributed by atoms with van der Waals surface area (Å²) in [5.41, 5.74) is 7.46. The summed E-state index contributed by atoms with van der Waals surface area (Å²) in [5.74, 6) is -0.273. The Hall–Kier alpha value is -2.44. The molecule has 0 radical (unpaired) electrons. The van der Waals surface area contributed by atoms with Crippen LogP contribution < -0.4 is 5.73 Å². The van der Waals surface area contributed by atoms with Crippen molar-refractivity contribution in [2.24, 2.45) is 0 Å². The van der Waals surface area contributed by atoms with Crippen molar-refractivity contribution >= 4 is 24.7 Å². The number of nitrogen functional groups attached to an aromatic ring is 1. The van der Waals surface area contributed by atoms with Crippen LogP contribution in [-0.2, 0) is 13.8 Å². The molecule has 1 aliphatic heterocycles. The predicted octanol–water partition coefficient (Wildman–Crippen LogP) is 0.548. The molecule has 2 aromatic heterocycles. The van der Waals surface area contributed by atoms with Crippen LogP contribution in [-0.4, -0.2) is 59.5 Å². The van der Waals surface area contributed by atoms with Crippen LogP contribution in [0, 0.1) is 5.82 Å². The number of fused-ring (bicyclic) bond motifs is 1. The van der Waals surface area contributed by atoms with E-state index < -0.39 is 44.8 Å². The molecule has 0 spiro atoms. The molecule has 1 aliphatic rings. The second-order valence-electron chi connectivity index (χ2n) is 6.75. The third-order valence-corrected chi connectivity index (χ3v) is 5.30. The molecule has 1 unspecified atom stereocenters. The summed E-state index contributed by atoms with van der Waals surface area (Å²) >= 11 is 0. The van der Waals surface area contributed by atoms with Gasteiger partial charge in [0.2, 0.25) is 0 Å². The van der Waals surface area contributed by atoms with E-state index >= 15 is 0 Å². The fourth-order valence-corrected chi connectivity index (χ4v) is 3.76. The van der Waals surface area contributed by atoms with Crippen molar-refractivity contribution in [1.29, 1.82) is 0 Å².